The molecule has 1 aliphatic rings. The van der Waals surface area contributed by atoms with Gasteiger partial charge in [-0.2, -0.15) is 0 Å². The molecular weight excluding hydrogens is 296 g/mol. The maximum atomic E-state index is 12.4. The van der Waals surface area contributed by atoms with Gasteiger partial charge in [0.15, 0.2) is 11.5 Å². The number of benzene rings is 1. The lowest BCUT2D eigenvalue weighted by atomic mass is 9.91. The van der Waals surface area contributed by atoms with Crippen LogP contribution in [-0.2, 0) is 24.3 Å². The second kappa shape index (κ2) is 5.54. The van der Waals surface area contributed by atoms with Crippen molar-refractivity contribution in [2.75, 3.05) is 0 Å². The van der Waals surface area contributed by atoms with Gasteiger partial charge in [0.25, 0.3) is 5.82 Å². The number of aromatic nitrogens is 2. The molecule has 0 aliphatic carbocycles. The average molecular weight is 318 g/mol. The van der Waals surface area contributed by atoms with E-state index in [4.69, 9.17) is 11.6 Å². The predicted molar refractivity (Wildman–Crippen MR) is 87.9 cm³/mol. The Morgan fingerprint density at radius 2 is 1.95 bits per heavy atom. The zero-order valence-electron chi connectivity index (χ0n) is 13.4. The highest BCUT2D eigenvalue weighted by Crippen LogP contribution is 2.26. The summed E-state index contributed by atoms with van der Waals surface area (Å²) in [5.74, 6) is 1.52. The van der Waals surface area contributed by atoms with Gasteiger partial charge in [0.2, 0.25) is 0 Å². The number of ketones is 1. The van der Waals surface area contributed by atoms with E-state index in [1.807, 2.05) is 45.0 Å². The fourth-order valence-electron chi connectivity index (χ4n) is 2.89. The number of carbonyl (C=O) groups excluding carboxylic acids is 1. The van der Waals surface area contributed by atoms with Gasteiger partial charge in [0, 0.05) is 16.0 Å². The molecule has 0 saturated carbocycles. The number of hydrogen-bond acceptors (Lipinski definition) is 1. The molecule has 0 N–H and O–H groups in total. The van der Waals surface area contributed by atoms with Crippen molar-refractivity contribution in [2.24, 2.45) is 5.41 Å². The molecule has 4 heteroatoms. The summed E-state index contributed by atoms with van der Waals surface area (Å²) < 4.78 is 4.46. The van der Waals surface area contributed by atoms with Crippen LogP contribution >= 0.6 is 11.6 Å². The minimum atomic E-state index is -0.305. The Labute approximate surface area is 136 Å². The third-order valence-electron chi connectivity index (χ3n) is 4.28. The van der Waals surface area contributed by atoms with Crippen molar-refractivity contribution in [3.05, 3.63) is 41.3 Å². The van der Waals surface area contributed by atoms with Crippen molar-refractivity contribution < 1.29 is 9.36 Å². The lowest BCUT2D eigenvalue weighted by Gasteiger charge is -2.14. The second-order valence-electron chi connectivity index (χ2n) is 6.99. The molecule has 0 radical (unpaired) electrons. The van der Waals surface area contributed by atoms with Crippen LogP contribution in [0.4, 0.5) is 0 Å². The Balaban J connectivity index is 1.98. The van der Waals surface area contributed by atoms with E-state index >= 15 is 0 Å². The van der Waals surface area contributed by atoms with Crippen LogP contribution in [0.2, 0.25) is 5.02 Å². The average Bonchev–Trinajstić information content (AvgIpc) is 3.02. The first kappa shape index (κ1) is 15.3. The fourth-order valence-corrected chi connectivity index (χ4v) is 3.02. The number of fused-ring (bicyclic) bond motifs is 1. The Kier molecular flexibility index (Phi) is 3.85. The number of rotatable bonds is 3. The van der Waals surface area contributed by atoms with Crippen LogP contribution in [-0.4, -0.2) is 10.4 Å². The van der Waals surface area contributed by atoms with Crippen LogP contribution in [0.25, 0.3) is 11.3 Å². The molecular formula is C18H22ClN2O+. The molecule has 1 aliphatic heterocycles. The lowest BCUT2D eigenvalue weighted by Crippen LogP contribution is -2.43. The van der Waals surface area contributed by atoms with E-state index in [1.165, 1.54) is 11.5 Å². The van der Waals surface area contributed by atoms with Gasteiger partial charge in [-0.25, -0.2) is 9.13 Å². The molecule has 0 unspecified atom stereocenters. The van der Waals surface area contributed by atoms with Crippen LogP contribution in [0.15, 0.2) is 30.5 Å². The number of Topliss-reactive ketones (excluding diaryl/α,β-unsaturated/α-hetero) is 1. The largest absolute Gasteiger partial charge is 0.295 e. The van der Waals surface area contributed by atoms with Gasteiger partial charge >= 0.3 is 0 Å². The molecule has 0 amide bonds. The standard InChI is InChI=1S/C18H22ClN2O/c1-18(2,3)16(22)12-20-11-15(21-10-4-5-17(20)21)13-6-8-14(19)9-7-13/h6-9,11H,4-5,10,12H2,1-3H3/q+1. The molecule has 0 spiro atoms. The molecule has 22 heavy (non-hydrogen) atoms. The van der Waals surface area contributed by atoms with E-state index in [0.29, 0.717) is 6.54 Å². The van der Waals surface area contributed by atoms with Gasteiger partial charge in [0.1, 0.15) is 12.7 Å². The molecule has 1 aromatic carbocycles. The minimum absolute atomic E-state index is 0.264. The summed E-state index contributed by atoms with van der Waals surface area (Å²) in [6.07, 6.45) is 4.28. The van der Waals surface area contributed by atoms with Gasteiger partial charge in [-0.3, -0.25) is 4.79 Å². The predicted octanol–water partition coefficient (Wildman–Crippen LogP) is 3.66. The topological polar surface area (TPSA) is 25.9 Å². The Morgan fingerprint density at radius 3 is 2.59 bits per heavy atom. The van der Waals surface area contributed by atoms with E-state index in [2.05, 4.69) is 15.3 Å². The van der Waals surface area contributed by atoms with E-state index in [1.54, 1.807) is 0 Å². The number of carbonyl (C=O) groups is 1. The molecule has 2 aromatic rings. The summed E-state index contributed by atoms with van der Waals surface area (Å²) >= 11 is 5.98. The lowest BCUT2D eigenvalue weighted by molar-refractivity contribution is -0.690. The maximum absolute atomic E-state index is 12.4. The van der Waals surface area contributed by atoms with Crippen molar-refractivity contribution in [3.8, 4) is 11.3 Å². The number of hydrogen-bond donors (Lipinski definition) is 0. The Bertz CT molecular complexity index is 708. The zero-order valence-corrected chi connectivity index (χ0v) is 14.2. The number of halogens is 1. The molecule has 3 rings (SSSR count). The summed E-state index contributed by atoms with van der Waals surface area (Å²) in [6.45, 7) is 7.40. The highest BCUT2D eigenvalue weighted by molar-refractivity contribution is 6.30. The smallest absolute Gasteiger partial charge is 0.257 e. The zero-order chi connectivity index (χ0) is 15.9. The van der Waals surface area contributed by atoms with Crippen molar-refractivity contribution in [1.82, 2.24) is 4.57 Å². The fraction of sp³-hybridized carbons (Fsp3) is 0.444. The first-order valence-electron chi connectivity index (χ1n) is 7.77. The summed E-state index contributed by atoms with van der Waals surface area (Å²) in [5.41, 5.74) is 2.02. The Morgan fingerprint density at radius 1 is 1.27 bits per heavy atom. The normalized spacial score (nSPS) is 14.2. The summed E-state index contributed by atoms with van der Waals surface area (Å²) in [4.78, 5) is 12.4. The molecule has 116 valence electrons. The van der Waals surface area contributed by atoms with Gasteiger partial charge in [-0.05, 0) is 30.7 Å². The van der Waals surface area contributed by atoms with Gasteiger partial charge in [0.05, 0.1) is 13.0 Å². The minimum Gasteiger partial charge on any atom is -0.295 e. The van der Waals surface area contributed by atoms with Gasteiger partial charge in [-0.1, -0.05) is 32.4 Å². The first-order chi connectivity index (χ1) is 10.4. The summed E-state index contributed by atoms with van der Waals surface area (Å²) in [7, 11) is 0. The van der Waals surface area contributed by atoms with Crippen molar-refractivity contribution in [1.29, 1.82) is 0 Å². The van der Waals surface area contributed by atoms with E-state index in [9.17, 15) is 4.79 Å². The molecule has 0 saturated heterocycles. The third-order valence-corrected chi connectivity index (χ3v) is 4.54. The number of imidazole rings is 1. The quantitative estimate of drug-likeness (QED) is 0.793. The van der Waals surface area contributed by atoms with Crippen molar-refractivity contribution in [3.63, 3.8) is 0 Å². The SMILES string of the molecule is CC(C)(C)C(=O)C[n+]1cc(-c2ccc(Cl)cc2)n2c1CCC2. The van der Waals surface area contributed by atoms with E-state index in [-0.39, 0.29) is 11.2 Å². The van der Waals surface area contributed by atoms with Gasteiger partial charge in [-0.15, -0.1) is 0 Å². The number of nitrogens with zero attached hydrogens (tertiary/aromatic N) is 2. The summed E-state index contributed by atoms with van der Waals surface area (Å²) in [5, 5.41) is 0.743. The maximum Gasteiger partial charge on any atom is 0.257 e. The van der Waals surface area contributed by atoms with E-state index < -0.39 is 0 Å². The van der Waals surface area contributed by atoms with Crippen molar-refractivity contribution >= 4 is 17.4 Å². The van der Waals surface area contributed by atoms with Crippen LogP contribution in [0.5, 0.6) is 0 Å². The highest BCUT2D eigenvalue weighted by Gasteiger charge is 2.31. The van der Waals surface area contributed by atoms with Crippen LogP contribution in [0.1, 0.15) is 33.0 Å². The molecule has 0 fully saturated rings. The van der Waals surface area contributed by atoms with Crippen LogP contribution < -0.4 is 4.57 Å². The third kappa shape index (κ3) is 2.82. The van der Waals surface area contributed by atoms with Crippen LogP contribution in [0, 0.1) is 5.41 Å². The molecule has 1 aromatic heterocycles. The molecule has 0 bridgehead atoms. The monoisotopic (exact) mass is 317 g/mol. The highest BCUT2D eigenvalue weighted by atomic mass is 35.5. The van der Waals surface area contributed by atoms with E-state index in [0.717, 1.165) is 30.0 Å². The van der Waals surface area contributed by atoms with Crippen LogP contribution in [0.3, 0.4) is 0 Å². The Hall–Kier alpha value is -1.61. The molecule has 3 nitrogen and oxygen atoms in total. The first-order valence-corrected chi connectivity index (χ1v) is 8.15. The van der Waals surface area contributed by atoms with Gasteiger partial charge < -0.3 is 0 Å². The molecule has 2 heterocycles. The molecule has 0 atom stereocenters. The summed E-state index contributed by atoms with van der Waals surface area (Å²) in [6, 6.07) is 7.91. The van der Waals surface area contributed by atoms with Crippen molar-refractivity contribution in [2.45, 2.75) is 46.7 Å². The second-order valence-corrected chi connectivity index (χ2v) is 7.43.